The predicted octanol–water partition coefficient (Wildman–Crippen LogP) is 3.81. The minimum Gasteiger partial charge on any atom is -0.398 e. The van der Waals surface area contributed by atoms with Crippen LogP contribution >= 0.6 is 0 Å². The van der Waals surface area contributed by atoms with Gasteiger partial charge in [0.05, 0.1) is 0 Å². The minimum absolute atomic E-state index is 0.737. The summed E-state index contributed by atoms with van der Waals surface area (Å²) in [4.78, 5) is 0. The van der Waals surface area contributed by atoms with Gasteiger partial charge in [-0.15, -0.1) is 0 Å². The van der Waals surface area contributed by atoms with E-state index in [2.05, 4.69) is 27.7 Å². The van der Waals surface area contributed by atoms with Gasteiger partial charge in [0, 0.05) is 14.2 Å². The van der Waals surface area contributed by atoms with Crippen LogP contribution in [-0.2, 0) is 8.85 Å². The normalized spacial score (nSPS) is 12.8. The Morgan fingerprint density at radius 3 is 1.33 bits per heavy atom. The second kappa shape index (κ2) is 7.42. The number of rotatable bonds is 8. The fourth-order valence-electron chi connectivity index (χ4n) is 1.63. The quantitative estimate of drug-likeness (QED) is 0.592. The van der Waals surface area contributed by atoms with Gasteiger partial charge in [-0.05, 0) is 36.8 Å². The standard InChI is InChI=1S/C12H28O2Si/c1-11(2)7-9-15(13-5,14-6)10-8-12(3)4/h11-12H,7-10H2,1-6H3. The molecule has 92 valence electrons. The largest absolute Gasteiger partial charge is 0.398 e. The summed E-state index contributed by atoms with van der Waals surface area (Å²) < 4.78 is 11.4. The van der Waals surface area contributed by atoms with Crippen LogP contribution in [0.3, 0.4) is 0 Å². The molecule has 3 heteroatoms. The topological polar surface area (TPSA) is 18.5 Å². The Bertz CT molecular complexity index is 140. The fourth-order valence-corrected chi connectivity index (χ4v) is 4.90. The van der Waals surface area contributed by atoms with E-state index in [1.54, 1.807) is 0 Å². The lowest BCUT2D eigenvalue weighted by molar-refractivity contribution is 0.235. The average Bonchev–Trinajstić information content (AvgIpc) is 2.19. The van der Waals surface area contributed by atoms with Crippen molar-refractivity contribution < 1.29 is 8.85 Å². The van der Waals surface area contributed by atoms with Crippen molar-refractivity contribution in [2.24, 2.45) is 11.8 Å². The van der Waals surface area contributed by atoms with E-state index in [4.69, 9.17) is 8.85 Å². The van der Waals surface area contributed by atoms with Crippen molar-refractivity contribution in [1.29, 1.82) is 0 Å². The lowest BCUT2D eigenvalue weighted by Gasteiger charge is -2.28. The highest BCUT2D eigenvalue weighted by Gasteiger charge is 2.34. The second-order valence-corrected chi connectivity index (χ2v) is 8.82. The summed E-state index contributed by atoms with van der Waals surface area (Å²) in [5, 5.41) is 0. The third-order valence-electron chi connectivity index (χ3n) is 2.95. The molecule has 15 heavy (non-hydrogen) atoms. The van der Waals surface area contributed by atoms with Gasteiger partial charge < -0.3 is 8.85 Å². The maximum atomic E-state index is 5.70. The third kappa shape index (κ3) is 6.33. The highest BCUT2D eigenvalue weighted by molar-refractivity contribution is 6.67. The lowest BCUT2D eigenvalue weighted by atomic mass is 10.2. The van der Waals surface area contributed by atoms with E-state index >= 15 is 0 Å². The maximum Gasteiger partial charge on any atom is 0.337 e. The number of hydrogen-bond acceptors (Lipinski definition) is 2. The number of hydrogen-bond donors (Lipinski definition) is 0. The highest BCUT2D eigenvalue weighted by Crippen LogP contribution is 2.25. The molecule has 0 saturated carbocycles. The van der Waals surface area contributed by atoms with Crippen molar-refractivity contribution in [1.82, 2.24) is 0 Å². The smallest absolute Gasteiger partial charge is 0.337 e. The fraction of sp³-hybridized carbons (Fsp3) is 1.00. The molecule has 0 saturated heterocycles. The first-order chi connectivity index (χ1) is 6.95. The zero-order chi connectivity index (χ0) is 11.9. The molecule has 0 aromatic heterocycles. The van der Waals surface area contributed by atoms with Gasteiger partial charge in [-0.2, -0.15) is 0 Å². The highest BCUT2D eigenvalue weighted by atomic mass is 28.4. The van der Waals surface area contributed by atoms with Crippen LogP contribution in [0, 0.1) is 11.8 Å². The van der Waals surface area contributed by atoms with Gasteiger partial charge in [0.1, 0.15) is 0 Å². The van der Waals surface area contributed by atoms with E-state index in [0.717, 1.165) is 23.9 Å². The summed E-state index contributed by atoms with van der Waals surface area (Å²) in [6.07, 6.45) is 2.43. The van der Waals surface area contributed by atoms with Crippen molar-refractivity contribution in [3.05, 3.63) is 0 Å². The zero-order valence-corrected chi connectivity index (χ0v) is 12.3. The van der Waals surface area contributed by atoms with Crippen molar-refractivity contribution in [3.63, 3.8) is 0 Å². The average molecular weight is 232 g/mol. The maximum absolute atomic E-state index is 5.70. The van der Waals surface area contributed by atoms with Gasteiger partial charge in [0.2, 0.25) is 0 Å². The molecule has 0 radical (unpaired) electrons. The van der Waals surface area contributed by atoms with Gasteiger partial charge in [0.25, 0.3) is 0 Å². The lowest BCUT2D eigenvalue weighted by Crippen LogP contribution is -2.40. The first-order valence-corrected chi connectivity index (χ1v) is 8.29. The molecule has 0 fully saturated rings. The Labute approximate surface area is 96.6 Å². The summed E-state index contributed by atoms with van der Waals surface area (Å²) in [6, 6.07) is 2.26. The van der Waals surface area contributed by atoms with Crippen LogP contribution < -0.4 is 0 Å². The van der Waals surface area contributed by atoms with Gasteiger partial charge >= 0.3 is 8.56 Å². The molecule has 0 heterocycles. The van der Waals surface area contributed by atoms with Gasteiger partial charge in [-0.1, -0.05) is 27.7 Å². The van der Waals surface area contributed by atoms with Crippen LogP contribution in [0.5, 0.6) is 0 Å². The zero-order valence-electron chi connectivity index (χ0n) is 11.3. The molecule has 0 amide bonds. The molecule has 0 aliphatic carbocycles. The molecular formula is C12H28O2Si. The van der Waals surface area contributed by atoms with E-state index in [1.807, 2.05) is 14.2 Å². The predicted molar refractivity (Wildman–Crippen MR) is 68.3 cm³/mol. The molecule has 0 aliphatic rings. The molecule has 0 atom stereocenters. The molecule has 0 aromatic rings. The second-order valence-electron chi connectivity index (χ2n) is 5.18. The van der Waals surface area contributed by atoms with Crippen LogP contribution in [-0.4, -0.2) is 22.8 Å². The van der Waals surface area contributed by atoms with Gasteiger partial charge in [-0.3, -0.25) is 0 Å². The van der Waals surface area contributed by atoms with Crippen molar-refractivity contribution in [3.8, 4) is 0 Å². The molecular weight excluding hydrogens is 204 g/mol. The molecule has 0 aromatic carbocycles. The van der Waals surface area contributed by atoms with Crippen LogP contribution in [0.4, 0.5) is 0 Å². The first-order valence-electron chi connectivity index (χ1n) is 6.06. The minimum atomic E-state index is -1.87. The Kier molecular flexibility index (Phi) is 7.48. The van der Waals surface area contributed by atoms with Crippen LogP contribution in [0.15, 0.2) is 0 Å². The molecule has 0 bridgehead atoms. The first kappa shape index (κ1) is 15.1. The summed E-state index contributed by atoms with van der Waals surface area (Å²) in [7, 11) is 1.76. The van der Waals surface area contributed by atoms with E-state index in [0.29, 0.717) is 0 Å². The summed E-state index contributed by atoms with van der Waals surface area (Å²) in [5.41, 5.74) is 0. The molecule has 0 spiro atoms. The Hall–Kier alpha value is 0.137. The van der Waals surface area contributed by atoms with E-state index < -0.39 is 8.56 Å². The van der Waals surface area contributed by atoms with E-state index in [1.165, 1.54) is 12.8 Å². The van der Waals surface area contributed by atoms with Gasteiger partial charge in [-0.25, -0.2) is 0 Å². The van der Waals surface area contributed by atoms with E-state index in [-0.39, 0.29) is 0 Å². The van der Waals surface area contributed by atoms with Crippen LogP contribution in [0.1, 0.15) is 40.5 Å². The summed E-state index contributed by atoms with van der Waals surface area (Å²) in [5.74, 6) is 1.47. The Morgan fingerprint density at radius 2 is 1.13 bits per heavy atom. The summed E-state index contributed by atoms with van der Waals surface area (Å²) >= 11 is 0. The van der Waals surface area contributed by atoms with Gasteiger partial charge in [0.15, 0.2) is 0 Å². The molecule has 2 nitrogen and oxygen atoms in total. The Balaban J connectivity index is 4.17. The molecule has 0 rings (SSSR count). The van der Waals surface area contributed by atoms with E-state index in [9.17, 15) is 0 Å². The third-order valence-corrected chi connectivity index (χ3v) is 6.54. The molecule has 0 N–H and O–H groups in total. The monoisotopic (exact) mass is 232 g/mol. The Morgan fingerprint density at radius 1 is 0.800 bits per heavy atom. The van der Waals surface area contributed by atoms with Crippen molar-refractivity contribution in [2.75, 3.05) is 14.2 Å². The SMILES string of the molecule is CO[Si](CCC(C)C)(CCC(C)C)OC. The van der Waals surface area contributed by atoms with Crippen molar-refractivity contribution >= 4 is 8.56 Å². The van der Waals surface area contributed by atoms with Crippen LogP contribution in [0.25, 0.3) is 0 Å². The molecule has 0 aliphatic heterocycles. The molecule has 0 unspecified atom stereocenters. The van der Waals surface area contributed by atoms with Crippen LogP contribution in [0.2, 0.25) is 12.1 Å². The summed E-state index contributed by atoms with van der Waals surface area (Å²) in [6.45, 7) is 9.03. The van der Waals surface area contributed by atoms with Crippen molar-refractivity contribution in [2.45, 2.75) is 52.6 Å².